The summed E-state index contributed by atoms with van der Waals surface area (Å²) in [5.41, 5.74) is -0.406. The van der Waals surface area contributed by atoms with Crippen molar-refractivity contribution >= 4 is 43.6 Å². The molecule has 0 spiro atoms. The number of benzene rings is 1. The number of aromatic nitrogens is 2. The number of nitrogens with one attached hydrogen (secondary N) is 1. The van der Waals surface area contributed by atoms with Gasteiger partial charge in [-0.3, -0.25) is 4.79 Å². The van der Waals surface area contributed by atoms with E-state index in [1.807, 2.05) is 0 Å². The molecule has 0 fully saturated rings. The Morgan fingerprint density at radius 2 is 2.00 bits per heavy atom. The smallest absolute Gasteiger partial charge is 0.259 e. The molecule has 1 aromatic heterocycles. The molecule has 0 atom stereocenters. The van der Waals surface area contributed by atoms with Gasteiger partial charge in [0.05, 0.1) is 11.8 Å². The summed E-state index contributed by atoms with van der Waals surface area (Å²) in [6.07, 6.45) is 1.36. The summed E-state index contributed by atoms with van der Waals surface area (Å²) in [5.74, 6) is -2.22. The highest BCUT2D eigenvalue weighted by molar-refractivity contribution is 9.11. The van der Waals surface area contributed by atoms with Crippen LogP contribution in [0.5, 0.6) is 0 Å². The fraction of sp³-hybridized carbons (Fsp3) is 0. The molecule has 8 heteroatoms. The number of hydrogen-bond acceptors (Lipinski definition) is 3. The summed E-state index contributed by atoms with van der Waals surface area (Å²) in [7, 11) is 0. The molecular weight excluding hydrogens is 388 g/mol. The Labute approximate surface area is 123 Å². The van der Waals surface area contributed by atoms with Gasteiger partial charge in [0.1, 0.15) is 20.8 Å². The fourth-order valence-corrected chi connectivity index (χ4v) is 2.19. The van der Waals surface area contributed by atoms with E-state index in [1.165, 1.54) is 6.20 Å². The Kier molecular flexibility index (Phi) is 4.20. The highest BCUT2D eigenvalue weighted by Crippen LogP contribution is 2.20. The second kappa shape index (κ2) is 5.70. The quantitative estimate of drug-likeness (QED) is 0.850. The molecule has 1 heterocycles. The van der Waals surface area contributed by atoms with Crippen LogP contribution in [0.4, 0.5) is 14.6 Å². The molecule has 4 nitrogen and oxygen atoms in total. The number of nitrogens with zero attached hydrogens (tertiary/aromatic N) is 2. The second-order valence-corrected chi connectivity index (χ2v) is 4.97. The fourth-order valence-electron chi connectivity index (χ4n) is 1.28. The van der Waals surface area contributed by atoms with Gasteiger partial charge in [-0.05, 0) is 50.1 Å². The largest absolute Gasteiger partial charge is 0.304 e. The predicted molar refractivity (Wildman–Crippen MR) is 71.7 cm³/mol. The van der Waals surface area contributed by atoms with Crippen LogP contribution in [0.1, 0.15) is 10.4 Å². The molecule has 98 valence electrons. The van der Waals surface area contributed by atoms with Gasteiger partial charge in [0, 0.05) is 0 Å². The van der Waals surface area contributed by atoms with Crippen molar-refractivity contribution in [2.45, 2.75) is 0 Å². The molecule has 2 aromatic rings. The van der Waals surface area contributed by atoms with E-state index in [0.29, 0.717) is 4.60 Å². The Bertz CT molecular complexity index is 652. The summed E-state index contributed by atoms with van der Waals surface area (Å²) >= 11 is 6.20. The molecule has 0 aliphatic carbocycles. The molecular formula is C11H5Br2F2N3O. The second-order valence-electron chi connectivity index (χ2n) is 3.41. The molecule has 0 unspecified atom stereocenters. The lowest BCUT2D eigenvalue weighted by atomic mass is 10.2. The molecule has 19 heavy (non-hydrogen) atoms. The molecule has 0 bridgehead atoms. The number of amides is 1. The third-order valence-corrected chi connectivity index (χ3v) is 3.04. The molecule has 1 aromatic carbocycles. The van der Waals surface area contributed by atoms with Gasteiger partial charge in [0.15, 0.2) is 5.82 Å². The third-order valence-electron chi connectivity index (χ3n) is 2.11. The predicted octanol–water partition coefficient (Wildman–Crippen LogP) is 3.53. The number of rotatable bonds is 2. The number of carbonyl (C=O) groups is 1. The van der Waals surface area contributed by atoms with Gasteiger partial charge in [-0.2, -0.15) is 0 Å². The molecule has 0 saturated heterocycles. The van der Waals surface area contributed by atoms with Gasteiger partial charge >= 0.3 is 0 Å². The van der Waals surface area contributed by atoms with Crippen molar-refractivity contribution in [2.75, 3.05) is 5.32 Å². The van der Waals surface area contributed by atoms with E-state index in [0.717, 1.165) is 18.2 Å². The Hall–Kier alpha value is -1.41. The van der Waals surface area contributed by atoms with Crippen LogP contribution in [0, 0.1) is 11.6 Å². The number of carbonyl (C=O) groups excluding carboxylic acids is 1. The van der Waals surface area contributed by atoms with E-state index in [9.17, 15) is 13.6 Å². The van der Waals surface area contributed by atoms with Crippen LogP contribution in [0.15, 0.2) is 33.6 Å². The topological polar surface area (TPSA) is 54.9 Å². The van der Waals surface area contributed by atoms with E-state index in [4.69, 9.17) is 0 Å². The maximum Gasteiger partial charge on any atom is 0.259 e. The lowest BCUT2D eigenvalue weighted by Crippen LogP contribution is -2.15. The molecule has 0 saturated carbocycles. The lowest BCUT2D eigenvalue weighted by Gasteiger charge is -2.06. The summed E-state index contributed by atoms with van der Waals surface area (Å²) in [6, 6.07) is 2.62. The van der Waals surface area contributed by atoms with Crippen molar-refractivity contribution in [3.05, 3.63) is 50.8 Å². The Balaban J connectivity index is 2.28. The molecule has 1 amide bonds. The maximum atomic E-state index is 13.4. The average Bonchev–Trinajstić information content (AvgIpc) is 2.35. The Morgan fingerprint density at radius 1 is 1.26 bits per heavy atom. The first-order valence-electron chi connectivity index (χ1n) is 4.92. The van der Waals surface area contributed by atoms with Crippen molar-refractivity contribution in [3.63, 3.8) is 0 Å². The number of halogens is 4. The monoisotopic (exact) mass is 391 g/mol. The first-order chi connectivity index (χ1) is 8.97. The summed E-state index contributed by atoms with van der Waals surface area (Å²) < 4.78 is 27.1. The highest BCUT2D eigenvalue weighted by atomic mass is 79.9. The molecule has 0 aliphatic heterocycles. The van der Waals surface area contributed by atoms with Crippen LogP contribution in [0.25, 0.3) is 0 Å². The van der Waals surface area contributed by atoms with E-state index in [2.05, 4.69) is 47.1 Å². The zero-order valence-electron chi connectivity index (χ0n) is 9.12. The summed E-state index contributed by atoms with van der Waals surface area (Å²) in [6.45, 7) is 0. The zero-order chi connectivity index (χ0) is 14.0. The van der Waals surface area contributed by atoms with Gasteiger partial charge in [-0.25, -0.2) is 18.7 Å². The van der Waals surface area contributed by atoms with Crippen LogP contribution in [0.2, 0.25) is 0 Å². The first kappa shape index (κ1) is 14.0. The summed E-state index contributed by atoms with van der Waals surface area (Å²) in [5, 5.41) is 2.33. The normalized spacial score (nSPS) is 10.3. The van der Waals surface area contributed by atoms with Gasteiger partial charge in [-0.15, -0.1) is 0 Å². The third kappa shape index (κ3) is 3.32. The molecule has 1 N–H and O–H groups in total. The van der Waals surface area contributed by atoms with E-state index >= 15 is 0 Å². The van der Waals surface area contributed by atoms with Crippen molar-refractivity contribution in [1.82, 2.24) is 9.97 Å². The highest BCUT2D eigenvalue weighted by Gasteiger charge is 2.15. The van der Waals surface area contributed by atoms with Gasteiger partial charge in [-0.1, -0.05) is 0 Å². The molecule has 2 rings (SSSR count). The van der Waals surface area contributed by atoms with Crippen molar-refractivity contribution in [2.24, 2.45) is 0 Å². The van der Waals surface area contributed by atoms with Crippen LogP contribution in [-0.2, 0) is 0 Å². The maximum absolute atomic E-state index is 13.4. The van der Waals surface area contributed by atoms with Gasteiger partial charge in [0.25, 0.3) is 5.91 Å². The van der Waals surface area contributed by atoms with E-state index < -0.39 is 23.1 Å². The number of hydrogen-bond donors (Lipinski definition) is 1. The Morgan fingerprint density at radius 3 is 2.68 bits per heavy atom. The zero-order valence-corrected chi connectivity index (χ0v) is 12.3. The standard InChI is InChI=1S/C11H5Br2F2N3O/c12-8-4-16-10(9(13)17-8)18-11(19)6-3-5(14)1-2-7(6)15/h1-4H,(H,16,18,19). The molecule has 0 aliphatic rings. The van der Waals surface area contributed by atoms with Gasteiger partial charge < -0.3 is 5.32 Å². The first-order valence-corrected chi connectivity index (χ1v) is 6.50. The van der Waals surface area contributed by atoms with Crippen LogP contribution in [0.3, 0.4) is 0 Å². The lowest BCUT2D eigenvalue weighted by molar-refractivity contribution is 0.102. The van der Waals surface area contributed by atoms with E-state index in [1.54, 1.807) is 0 Å². The van der Waals surface area contributed by atoms with E-state index in [-0.39, 0.29) is 10.4 Å². The average molecular weight is 393 g/mol. The van der Waals surface area contributed by atoms with Crippen molar-refractivity contribution < 1.29 is 13.6 Å². The van der Waals surface area contributed by atoms with Crippen LogP contribution >= 0.6 is 31.9 Å². The van der Waals surface area contributed by atoms with Crippen molar-refractivity contribution in [1.29, 1.82) is 0 Å². The molecule has 0 radical (unpaired) electrons. The minimum absolute atomic E-state index is 0.108. The summed E-state index contributed by atoms with van der Waals surface area (Å²) in [4.78, 5) is 19.6. The number of anilines is 1. The van der Waals surface area contributed by atoms with Crippen molar-refractivity contribution in [3.8, 4) is 0 Å². The SMILES string of the molecule is O=C(Nc1ncc(Br)nc1Br)c1cc(F)ccc1F. The minimum atomic E-state index is -0.819. The minimum Gasteiger partial charge on any atom is -0.304 e. The van der Waals surface area contributed by atoms with Crippen LogP contribution < -0.4 is 5.32 Å². The van der Waals surface area contributed by atoms with Gasteiger partial charge in [0.2, 0.25) is 0 Å². The van der Waals surface area contributed by atoms with Crippen LogP contribution in [-0.4, -0.2) is 15.9 Å².